The molecule has 0 spiro atoms. The van der Waals surface area contributed by atoms with Crippen molar-refractivity contribution in [1.29, 1.82) is 0 Å². The van der Waals surface area contributed by atoms with E-state index in [-0.39, 0.29) is 11.9 Å². The summed E-state index contributed by atoms with van der Waals surface area (Å²) >= 11 is 0. The lowest BCUT2D eigenvalue weighted by Crippen LogP contribution is -2.44. The molecule has 20 heavy (non-hydrogen) atoms. The van der Waals surface area contributed by atoms with E-state index < -0.39 is 5.91 Å². The molecule has 1 aliphatic heterocycles. The van der Waals surface area contributed by atoms with Crippen LogP contribution < -0.4 is 16.4 Å². The molecule has 4 N–H and O–H groups in total. The Hall–Kier alpha value is -1.88. The molecule has 5 nitrogen and oxygen atoms in total. The highest BCUT2D eigenvalue weighted by Gasteiger charge is 2.21. The Bertz CT molecular complexity index is 496. The number of carbonyl (C=O) groups excluding carboxylic acids is 2. The van der Waals surface area contributed by atoms with Crippen molar-refractivity contribution in [3.63, 3.8) is 0 Å². The summed E-state index contributed by atoms with van der Waals surface area (Å²) in [5.41, 5.74) is 6.04. The minimum atomic E-state index is -0.524. The van der Waals surface area contributed by atoms with Gasteiger partial charge in [0.1, 0.15) is 0 Å². The van der Waals surface area contributed by atoms with Crippen molar-refractivity contribution < 1.29 is 9.59 Å². The van der Waals surface area contributed by atoms with Gasteiger partial charge >= 0.3 is 0 Å². The second-order valence-electron chi connectivity index (χ2n) is 5.31. The van der Waals surface area contributed by atoms with Crippen LogP contribution in [0.15, 0.2) is 24.3 Å². The van der Waals surface area contributed by atoms with Gasteiger partial charge in [0.25, 0.3) is 5.91 Å². The van der Waals surface area contributed by atoms with E-state index in [4.69, 9.17) is 5.73 Å². The molecule has 1 heterocycles. The second-order valence-corrected chi connectivity index (χ2v) is 5.31. The Labute approximate surface area is 118 Å². The highest BCUT2D eigenvalue weighted by molar-refractivity contribution is 5.99. The van der Waals surface area contributed by atoms with Crippen LogP contribution in [0, 0.1) is 5.92 Å². The Morgan fingerprint density at radius 2 is 2.15 bits per heavy atom. The molecule has 0 radical (unpaired) electrons. The quantitative estimate of drug-likeness (QED) is 0.763. The van der Waals surface area contributed by atoms with Crippen molar-refractivity contribution in [3.8, 4) is 0 Å². The number of rotatable bonds is 4. The van der Waals surface area contributed by atoms with Gasteiger partial charge in [0.15, 0.2) is 0 Å². The van der Waals surface area contributed by atoms with Crippen LogP contribution >= 0.6 is 0 Å². The monoisotopic (exact) mass is 275 g/mol. The number of amides is 2. The van der Waals surface area contributed by atoms with Crippen molar-refractivity contribution >= 4 is 11.8 Å². The van der Waals surface area contributed by atoms with E-state index >= 15 is 0 Å². The van der Waals surface area contributed by atoms with E-state index in [0.29, 0.717) is 17.0 Å². The van der Waals surface area contributed by atoms with Crippen LogP contribution in [0.4, 0.5) is 0 Å². The van der Waals surface area contributed by atoms with E-state index in [0.717, 1.165) is 25.9 Å². The topological polar surface area (TPSA) is 84.2 Å². The van der Waals surface area contributed by atoms with E-state index in [9.17, 15) is 9.59 Å². The molecule has 1 fully saturated rings. The van der Waals surface area contributed by atoms with Gasteiger partial charge in [0.05, 0.1) is 0 Å². The first-order valence-corrected chi connectivity index (χ1v) is 6.99. The lowest BCUT2D eigenvalue weighted by Gasteiger charge is -2.29. The van der Waals surface area contributed by atoms with Crippen LogP contribution in [0.3, 0.4) is 0 Å². The van der Waals surface area contributed by atoms with Crippen molar-refractivity contribution in [2.24, 2.45) is 11.7 Å². The normalized spacial score (nSPS) is 20.1. The summed E-state index contributed by atoms with van der Waals surface area (Å²) < 4.78 is 0. The fraction of sp³-hybridized carbons (Fsp3) is 0.467. The van der Waals surface area contributed by atoms with Gasteiger partial charge < -0.3 is 16.4 Å². The molecule has 1 aliphatic rings. The highest BCUT2D eigenvalue weighted by atomic mass is 16.2. The number of piperidine rings is 1. The summed E-state index contributed by atoms with van der Waals surface area (Å²) in [5, 5.41) is 6.34. The fourth-order valence-electron chi connectivity index (χ4n) is 2.53. The van der Waals surface area contributed by atoms with Crippen molar-refractivity contribution in [3.05, 3.63) is 35.4 Å². The number of hydrogen-bond donors (Lipinski definition) is 3. The molecule has 2 unspecified atom stereocenters. The molecule has 2 atom stereocenters. The lowest BCUT2D eigenvalue weighted by molar-refractivity contribution is 0.0922. The number of benzene rings is 1. The summed E-state index contributed by atoms with van der Waals surface area (Å²) in [6.07, 6.45) is 2.26. The SMILES string of the molecule is CC(NC(=O)c1cccc(C(N)=O)c1)C1CCCNC1. The van der Waals surface area contributed by atoms with Crippen molar-refractivity contribution in [2.75, 3.05) is 13.1 Å². The molecule has 108 valence electrons. The predicted molar refractivity (Wildman–Crippen MR) is 77.5 cm³/mol. The van der Waals surface area contributed by atoms with Crippen molar-refractivity contribution in [2.45, 2.75) is 25.8 Å². The first-order valence-electron chi connectivity index (χ1n) is 6.99. The molecule has 0 saturated carbocycles. The predicted octanol–water partition coefficient (Wildman–Crippen LogP) is 0.903. The van der Waals surface area contributed by atoms with Crippen LogP contribution in [0.25, 0.3) is 0 Å². The maximum atomic E-state index is 12.2. The number of nitrogens with one attached hydrogen (secondary N) is 2. The molecule has 1 saturated heterocycles. The largest absolute Gasteiger partial charge is 0.366 e. The summed E-state index contributed by atoms with van der Waals surface area (Å²) in [4.78, 5) is 23.3. The van der Waals surface area contributed by atoms with E-state index in [1.165, 1.54) is 6.07 Å². The van der Waals surface area contributed by atoms with Gasteiger partial charge in [-0.15, -0.1) is 0 Å². The van der Waals surface area contributed by atoms with Crippen LogP contribution in [0.1, 0.15) is 40.5 Å². The lowest BCUT2D eigenvalue weighted by atomic mass is 9.92. The Morgan fingerprint density at radius 1 is 1.40 bits per heavy atom. The molecule has 0 bridgehead atoms. The Kier molecular flexibility index (Phi) is 4.74. The van der Waals surface area contributed by atoms with Gasteiger partial charge in [-0.3, -0.25) is 9.59 Å². The van der Waals surface area contributed by atoms with Gasteiger partial charge in [-0.2, -0.15) is 0 Å². The zero-order chi connectivity index (χ0) is 14.5. The summed E-state index contributed by atoms with van der Waals surface area (Å²) in [7, 11) is 0. The van der Waals surface area contributed by atoms with Crippen LogP contribution in [0.5, 0.6) is 0 Å². The standard InChI is InChI=1S/C15H21N3O2/c1-10(13-6-3-7-17-9-13)18-15(20)12-5-2-4-11(8-12)14(16)19/h2,4-5,8,10,13,17H,3,6-7,9H2,1H3,(H2,16,19)(H,18,20). The number of primary amides is 1. The third-order valence-corrected chi connectivity index (χ3v) is 3.81. The van der Waals surface area contributed by atoms with Gasteiger partial charge in [-0.1, -0.05) is 6.07 Å². The van der Waals surface area contributed by atoms with Crippen molar-refractivity contribution in [1.82, 2.24) is 10.6 Å². The minimum Gasteiger partial charge on any atom is -0.366 e. The highest BCUT2D eigenvalue weighted by Crippen LogP contribution is 2.15. The van der Waals surface area contributed by atoms with Crippen LogP contribution in [0.2, 0.25) is 0 Å². The molecule has 1 aromatic rings. The number of carbonyl (C=O) groups is 2. The van der Waals surface area contributed by atoms with E-state index in [1.807, 2.05) is 6.92 Å². The maximum Gasteiger partial charge on any atom is 0.251 e. The van der Waals surface area contributed by atoms with E-state index in [1.54, 1.807) is 18.2 Å². The molecular weight excluding hydrogens is 254 g/mol. The molecule has 2 rings (SSSR count). The van der Waals surface area contributed by atoms with Gasteiger partial charge in [-0.05, 0) is 57.0 Å². The smallest absolute Gasteiger partial charge is 0.251 e. The molecular formula is C15H21N3O2. The average Bonchev–Trinajstić information content (AvgIpc) is 2.48. The van der Waals surface area contributed by atoms with Crippen LogP contribution in [-0.2, 0) is 0 Å². The van der Waals surface area contributed by atoms with E-state index in [2.05, 4.69) is 10.6 Å². The summed E-state index contributed by atoms with van der Waals surface area (Å²) in [6, 6.07) is 6.60. The first-order chi connectivity index (χ1) is 9.58. The Morgan fingerprint density at radius 3 is 2.80 bits per heavy atom. The number of hydrogen-bond acceptors (Lipinski definition) is 3. The zero-order valence-corrected chi connectivity index (χ0v) is 11.7. The number of nitrogens with two attached hydrogens (primary N) is 1. The Balaban J connectivity index is 2.00. The summed E-state index contributed by atoms with van der Waals surface area (Å²) in [6.45, 7) is 4.01. The van der Waals surface area contributed by atoms with Gasteiger partial charge in [0, 0.05) is 17.2 Å². The third-order valence-electron chi connectivity index (χ3n) is 3.81. The first kappa shape index (κ1) is 14.5. The molecule has 5 heteroatoms. The van der Waals surface area contributed by atoms with Crippen LogP contribution in [-0.4, -0.2) is 30.9 Å². The fourth-order valence-corrected chi connectivity index (χ4v) is 2.53. The van der Waals surface area contributed by atoms with Gasteiger partial charge in [0.2, 0.25) is 5.91 Å². The molecule has 0 aromatic heterocycles. The second kappa shape index (κ2) is 6.52. The maximum absolute atomic E-state index is 12.2. The van der Waals surface area contributed by atoms with Gasteiger partial charge in [-0.25, -0.2) is 0 Å². The zero-order valence-electron chi connectivity index (χ0n) is 11.7. The minimum absolute atomic E-state index is 0.104. The summed E-state index contributed by atoms with van der Waals surface area (Å²) in [5.74, 6) is -0.234. The molecule has 1 aromatic carbocycles. The third kappa shape index (κ3) is 3.57. The average molecular weight is 275 g/mol. The molecule has 2 amide bonds. The molecule has 0 aliphatic carbocycles.